The molecule has 7 heteroatoms. The summed E-state index contributed by atoms with van der Waals surface area (Å²) in [7, 11) is 1.33. The molecular formula is C23H18N2O5. The quantitative estimate of drug-likeness (QED) is 0.668. The van der Waals surface area contributed by atoms with Crippen LogP contribution in [0.5, 0.6) is 11.5 Å². The fourth-order valence-corrected chi connectivity index (χ4v) is 3.71. The lowest BCUT2D eigenvalue weighted by atomic mass is 10.0. The fraction of sp³-hybridized carbons (Fsp3) is 0.130. The molecular weight excluding hydrogens is 384 g/mol. The first-order valence-corrected chi connectivity index (χ1v) is 9.43. The molecule has 3 aromatic carbocycles. The molecule has 1 N–H and O–H groups in total. The van der Waals surface area contributed by atoms with Crippen LogP contribution in [0.3, 0.4) is 0 Å². The first-order chi connectivity index (χ1) is 14.7. The van der Waals surface area contributed by atoms with Crippen molar-refractivity contribution >= 4 is 23.3 Å². The number of benzene rings is 3. The zero-order chi connectivity index (χ0) is 20.7. The summed E-state index contributed by atoms with van der Waals surface area (Å²) in [5.41, 5.74) is 3.24. The summed E-state index contributed by atoms with van der Waals surface area (Å²) in [6, 6.07) is 19.8. The van der Waals surface area contributed by atoms with E-state index in [0.717, 1.165) is 11.3 Å². The van der Waals surface area contributed by atoms with Crippen molar-refractivity contribution in [3.05, 3.63) is 83.4 Å². The van der Waals surface area contributed by atoms with Crippen molar-refractivity contribution in [1.82, 2.24) is 0 Å². The highest BCUT2D eigenvalue weighted by molar-refractivity contribution is 6.12. The molecule has 2 heterocycles. The third-order valence-electron chi connectivity index (χ3n) is 5.21. The Labute approximate surface area is 172 Å². The second-order valence-electron chi connectivity index (χ2n) is 6.92. The molecule has 0 saturated heterocycles. The molecule has 7 nitrogen and oxygen atoms in total. The largest absolute Gasteiger partial charge is 0.465 e. The summed E-state index contributed by atoms with van der Waals surface area (Å²) in [6.07, 6.45) is -0.467. The molecule has 30 heavy (non-hydrogen) atoms. The Kier molecular flexibility index (Phi) is 4.28. The first kappa shape index (κ1) is 18.1. The van der Waals surface area contributed by atoms with Gasteiger partial charge in [0.1, 0.15) is 6.17 Å². The van der Waals surface area contributed by atoms with Gasteiger partial charge in [-0.3, -0.25) is 9.69 Å². The molecule has 0 bridgehead atoms. The van der Waals surface area contributed by atoms with E-state index in [-0.39, 0.29) is 12.7 Å². The fourth-order valence-electron chi connectivity index (χ4n) is 3.71. The Morgan fingerprint density at radius 3 is 2.60 bits per heavy atom. The lowest BCUT2D eigenvalue weighted by Crippen LogP contribution is -2.43. The average molecular weight is 402 g/mol. The van der Waals surface area contributed by atoms with Crippen LogP contribution in [0.25, 0.3) is 0 Å². The van der Waals surface area contributed by atoms with E-state index in [4.69, 9.17) is 14.2 Å². The number of anilines is 2. The number of nitrogens with zero attached hydrogens (tertiary/aromatic N) is 1. The summed E-state index contributed by atoms with van der Waals surface area (Å²) in [5, 5.41) is 3.45. The molecule has 1 amide bonds. The van der Waals surface area contributed by atoms with Crippen LogP contribution in [0, 0.1) is 0 Å². The molecule has 1 atom stereocenters. The highest BCUT2D eigenvalue weighted by atomic mass is 16.7. The highest BCUT2D eigenvalue weighted by Crippen LogP contribution is 2.40. The summed E-state index contributed by atoms with van der Waals surface area (Å²) in [5.74, 6) is 0.747. The van der Waals surface area contributed by atoms with E-state index in [2.05, 4.69) is 5.32 Å². The van der Waals surface area contributed by atoms with E-state index in [1.807, 2.05) is 36.4 Å². The molecule has 2 aliphatic rings. The molecule has 0 spiro atoms. The van der Waals surface area contributed by atoms with Crippen molar-refractivity contribution in [3.63, 3.8) is 0 Å². The number of amides is 1. The minimum atomic E-state index is -0.467. The molecule has 0 radical (unpaired) electrons. The summed E-state index contributed by atoms with van der Waals surface area (Å²) in [4.78, 5) is 26.9. The van der Waals surface area contributed by atoms with Gasteiger partial charge < -0.3 is 19.5 Å². The Balaban J connectivity index is 1.59. The number of ether oxygens (including phenoxy) is 3. The van der Waals surface area contributed by atoms with Crippen LogP contribution in [0.15, 0.2) is 66.7 Å². The van der Waals surface area contributed by atoms with E-state index in [1.165, 1.54) is 7.11 Å². The van der Waals surface area contributed by atoms with Gasteiger partial charge >= 0.3 is 5.97 Å². The SMILES string of the molecule is COC(=O)c1ccc(N2C(=O)c3ccccc3N[C@H]2c2ccc3c(c2)OCO3)cc1. The van der Waals surface area contributed by atoms with Gasteiger partial charge in [0, 0.05) is 11.4 Å². The Bertz CT molecular complexity index is 1140. The van der Waals surface area contributed by atoms with E-state index >= 15 is 0 Å². The number of hydrogen-bond acceptors (Lipinski definition) is 6. The standard InChI is InChI=1S/C23H18N2O5/c1-28-23(27)14-6-9-16(10-7-14)25-21(15-8-11-19-20(12-15)30-13-29-19)24-18-5-3-2-4-17(18)22(25)26/h2-12,21,24H,13H2,1H3/t21-/m1/s1. The number of carbonyl (C=O) groups is 2. The Morgan fingerprint density at radius 2 is 1.80 bits per heavy atom. The Hall–Kier alpha value is -4.00. The minimum Gasteiger partial charge on any atom is -0.465 e. The molecule has 3 aromatic rings. The van der Waals surface area contributed by atoms with Gasteiger partial charge in [-0.2, -0.15) is 0 Å². The zero-order valence-corrected chi connectivity index (χ0v) is 16.1. The van der Waals surface area contributed by atoms with Crippen LogP contribution in [0.2, 0.25) is 0 Å². The van der Waals surface area contributed by atoms with Crippen molar-refractivity contribution in [2.45, 2.75) is 6.17 Å². The van der Waals surface area contributed by atoms with Crippen molar-refractivity contribution < 1.29 is 23.8 Å². The van der Waals surface area contributed by atoms with Gasteiger partial charge in [0.2, 0.25) is 6.79 Å². The zero-order valence-electron chi connectivity index (χ0n) is 16.1. The van der Waals surface area contributed by atoms with Gasteiger partial charge in [-0.25, -0.2) is 4.79 Å². The topological polar surface area (TPSA) is 77.1 Å². The number of carbonyl (C=O) groups excluding carboxylic acids is 2. The maximum atomic E-state index is 13.4. The molecule has 2 aliphatic heterocycles. The number of fused-ring (bicyclic) bond motifs is 2. The third-order valence-corrected chi connectivity index (χ3v) is 5.21. The molecule has 0 fully saturated rings. The predicted molar refractivity (Wildman–Crippen MR) is 110 cm³/mol. The summed E-state index contributed by atoms with van der Waals surface area (Å²) < 4.78 is 15.7. The van der Waals surface area contributed by atoms with Crippen LogP contribution < -0.4 is 19.7 Å². The second kappa shape index (κ2) is 7.11. The number of rotatable bonds is 3. The second-order valence-corrected chi connectivity index (χ2v) is 6.92. The van der Waals surface area contributed by atoms with Crippen molar-refractivity contribution in [2.75, 3.05) is 24.1 Å². The predicted octanol–water partition coefficient (Wildman–Crippen LogP) is 3.97. The molecule has 0 unspecified atom stereocenters. The maximum absolute atomic E-state index is 13.4. The van der Waals surface area contributed by atoms with E-state index < -0.39 is 12.1 Å². The van der Waals surface area contributed by atoms with Crippen LogP contribution in [0.1, 0.15) is 32.4 Å². The minimum absolute atomic E-state index is 0.141. The average Bonchev–Trinajstić information content (AvgIpc) is 3.26. The van der Waals surface area contributed by atoms with Gasteiger partial charge in [-0.1, -0.05) is 18.2 Å². The van der Waals surface area contributed by atoms with Crippen molar-refractivity contribution in [3.8, 4) is 11.5 Å². The third kappa shape index (κ3) is 2.91. The summed E-state index contributed by atoms with van der Waals surface area (Å²) in [6.45, 7) is 0.178. The van der Waals surface area contributed by atoms with E-state index in [0.29, 0.717) is 28.3 Å². The van der Waals surface area contributed by atoms with Crippen LogP contribution in [-0.4, -0.2) is 25.8 Å². The molecule has 0 aliphatic carbocycles. The number of nitrogens with one attached hydrogen (secondary N) is 1. The normalized spacial score (nSPS) is 16.6. The van der Waals surface area contributed by atoms with E-state index in [9.17, 15) is 9.59 Å². The van der Waals surface area contributed by atoms with Crippen molar-refractivity contribution in [2.24, 2.45) is 0 Å². The molecule has 5 rings (SSSR count). The maximum Gasteiger partial charge on any atom is 0.337 e. The molecule has 0 saturated carbocycles. The number of esters is 1. The Morgan fingerprint density at radius 1 is 1.03 bits per heavy atom. The summed E-state index contributed by atoms with van der Waals surface area (Å²) >= 11 is 0. The molecule has 150 valence electrons. The first-order valence-electron chi connectivity index (χ1n) is 9.43. The van der Waals surface area contributed by atoms with Gasteiger partial charge in [-0.15, -0.1) is 0 Å². The van der Waals surface area contributed by atoms with Crippen LogP contribution >= 0.6 is 0 Å². The highest BCUT2D eigenvalue weighted by Gasteiger charge is 2.34. The van der Waals surface area contributed by atoms with Gasteiger partial charge in [-0.05, 0) is 54.1 Å². The van der Waals surface area contributed by atoms with E-state index in [1.54, 1.807) is 35.2 Å². The van der Waals surface area contributed by atoms with Crippen LogP contribution in [-0.2, 0) is 4.74 Å². The van der Waals surface area contributed by atoms with Gasteiger partial charge in [0.25, 0.3) is 5.91 Å². The number of para-hydroxylation sites is 1. The lowest BCUT2D eigenvalue weighted by molar-refractivity contribution is 0.0600. The number of methoxy groups -OCH3 is 1. The smallest absolute Gasteiger partial charge is 0.337 e. The molecule has 0 aromatic heterocycles. The number of hydrogen-bond donors (Lipinski definition) is 1. The van der Waals surface area contributed by atoms with Crippen LogP contribution in [0.4, 0.5) is 11.4 Å². The van der Waals surface area contributed by atoms with Gasteiger partial charge in [0.15, 0.2) is 11.5 Å². The van der Waals surface area contributed by atoms with Gasteiger partial charge in [0.05, 0.1) is 18.2 Å². The van der Waals surface area contributed by atoms with Crippen molar-refractivity contribution in [1.29, 1.82) is 0 Å². The monoisotopic (exact) mass is 402 g/mol. The lowest BCUT2D eigenvalue weighted by Gasteiger charge is -2.38.